The largest absolute Gasteiger partial charge is 0.507 e. The Labute approximate surface area is 137 Å². The summed E-state index contributed by atoms with van der Waals surface area (Å²) in [5, 5.41) is 27.3. The van der Waals surface area contributed by atoms with Gasteiger partial charge in [-0.3, -0.25) is 4.79 Å². The molecule has 0 fully saturated rings. The van der Waals surface area contributed by atoms with Gasteiger partial charge in [-0.2, -0.15) is 0 Å². The van der Waals surface area contributed by atoms with Gasteiger partial charge in [-0.1, -0.05) is 30.3 Å². The fourth-order valence-electron chi connectivity index (χ4n) is 1.88. The lowest BCUT2D eigenvalue weighted by atomic mass is 10.0. The van der Waals surface area contributed by atoms with Crippen molar-refractivity contribution in [2.24, 2.45) is 0 Å². The monoisotopic (exact) mass is 331 g/mol. The quantitative estimate of drug-likeness (QED) is 0.399. The van der Waals surface area contributed by atoms with E-state index in [0.717, 1.165) is 0 Å². The van der Waals surface area contributed by atoms with Gasteiger partial charge in [0.1, 0.15) is 18.1 Å². The maximum absolute atomic E-state index is 12.3. The Hall–Kier alpha value is -2.90. The molecule has 0 bridgehead atoms. The summed E-state index contributed by atoms with van der Waals surface area (Å²) in [5.41, 5.74) is 0.528. The van der Waals surface area contributed by atoms with Gasteiger partial charge in [-0.15, -0.1) is 0 Å². The molecule has 0 aliphatic rings. The number of ketones is 1. The van der Waals surface area contributed by atoms with Crippen molar-refractivity contribution in [3.8, 4) is 11.5 Å². The number of rotatable bonds is 7. The molecule has 0 aliphatic heterocycles. The maximum atomic E-state index is 12.3. The van der Waals surface area contributed by atoms with Crippen molar-refractivity contribution in [1.82, 2.24) is 0 Å². The number of hydrogen-bond acceptors (Lipinski definition) is 7. The molecule has 1 unspecified atom stereocenters. The van der Waals surface area contributed by atoms with Gasteiger partial charge in [-0.05, 0) is 12.1 Å². The number of aliphatic hydroxyl groups is 2. The number of hydrogen-bond donors (Lipinski definition) is 3. The molecule has 0 saturated heterocycles. The summed E-state index contributed by atoms with van der Waals surface area (Å²) < 4.78 is 9.42. The smallest absolute Gasteiger partial charge is 0.346 e. The Morgan fingerprint density at radius 2 is 1.83 bits per heavy atom. The first-order chi connectivity index (χ1) is 11.5. The minimum atomic E-state index is -1.74. The molecule has 125 valence electrons. The molecule has 0 aliphatic carbocycles. The molecule has 7 heteroatoms. The number of phenols is 1. The summed E-state index contributed by atoms with van der Waals surface area (Å²) in [5.74, 6) is -1.42. The standard InChI is InChI=1S/C17H15O7/c18-9-15(20)24-16(21)10-23-12-6-7-13(14(19)8-12)17(22)11-4-2-1-3-5-11/h1-9,15,18-20H,10H2. The van der Waals surface area contributed by atoms with Crippen LogP contribution < -0.4 is 4.74 Å². The molecule has 0 amide bonds. The van der Waals surface area contributed by atoms with Gasteiger partial charge < -0.3 is 24.8 Å². The predicted molar refractivity (Wildman–Crippen MR) is 81.8 cm³/mol. The molecule has 0 heterocycles. The van der Waals surface area contributed by atoms with E-state index in [1.54, 1.807) is 30.3 Å². The first-order valence-corrected chi connectivity index (χ1v) is 6.92. The van der Waals surface area contributed by atoms with Crippen LogP contribution in [0.2, 0.25) is 0 Å². The van der Waals surface area contributed by atoms with E-state index >= 15 is 0 Å². The van der Waals surface area contributed by atoms with Crippen molar-refractivity contribution in [2.75, 3.05) is 6.61 Å². The highest BCUT2D eigenvalue weighted by molar-refractivity contribution is 6.10. The Bertz CT molecular complexity index is 712. The topological polar surface area (TPSA) is 113 Å². The van der Waals surface area contributed by atoms with E-state index in [0.29, 0.717) is 12.2 Å². The van der Waals surface area contributed by atoms with Crippen LogP contribution in [0.4, 0.5) is 0 Å². The molecular formula is C17H15O7. The summed E-state index contributed by atoms with van der Waals surface area (Å²) in [4.78, 5) is 23.5. The Morgan fingerprint density at radius 1 is 1.12 bits per heavy atom. The normalized spacial score (nSPS) is 11.6. The van der Waals surface area contributed by atoms with E-state index in [1.165, 1.54) is 18.2 Å². The number of benzene rings is 2. The molecule has 0 aromatic heterocycles. The van der Waals surface area contributed by atoms with Gasteiger partial charge >= 0.3 is 5.97 Å². The van der Waals surface area contributed by atoms with Gasteiger partial charge in [-0.25, -0.2) is 4.79 Å². The van der Waals surface area contributed by atoms with Crippen molar-refractivity contribution in [2.45, 2.75) is 6.29 Å². The minimum Gasteiger partial charge on any atom is -0.507 e. The van der Waals surface area contributed by atoms with Gasteiger partial charge in [0.05, 0.1) is 5.56 Å². The lowest BCUT2D eigenvalue weighted by Crippen LogP contribution is -2.22. The number of aromatic hydroxyl groups is 1. The Balaban J connectivity index is 2.02. The van der Waals surface area contributed by atoms with Crippen molar-refractivity contribution < 1.29 is 34.4 Å². The number of aliphatic hydroxyl groups excluding tert-OH is 2. The third-order valence-electron chi connectivity index (χ3n) is 2.99. The molecule has 1 atom stereocenters. The highest BCUT2D eigenvalue weighted by atomic mass is 16.7. The average molecular weight is 331 g/mol. The zero-order valence-corrected chi connectivity index (χ0v) is 12.5. The van der Waals surface area contributed by atoms with Crippen LogP contribution in [0.1, 0.15) is 15.9 Å². The molecular weight excluding hydrogens is 316 g/mol. The second-order valence-corrected chi connectivity index (χ2v) is 4.69. The second-order valence-electron chi connectivity index (χ2n) is 4.69. The highest BCUT2D eigenvalue weighted by Gasteiger charge is 2.15. The average Bonchev–Trinajstić information content (AvgIpc) is 2.60. The summed E-state index contributed by atoms with van der Waals surface area (Å²) in [6.45, 7) is -0.246. The zero-order chi connectivity index (χ0) is 17.5. The van der Waals surface area contributed by atoms with E-state index in [4.69, 9.17) is 14.9 Å². The maximum Gasteiger partial charge on any atom is 0.346 e. The summed E-state index contributed by atoms with van der Waals surface area (Å²) >= 11 is 0. The third-order valence-corrected chi connectivity index (χ3v) is 2.99. The van der Waals surface area contributed by atoms with Crippen LogP contribution in [0, 0.1) is 6.61 Å². The van der Waals surface area contributed by atoms with Crippen LogP contribution in [0.5, 0.6) is 11.5 Å². The summed E-state index contributed by atoms with van der Waals surface area (Å²) in [7, 11) is 0. The molecule has 3 N–H and O–H groups in total. The fourth-order valence-corrected chi connectivity index (χ4v) is 1.88. The van der Waals surface area contributed by atoms with Crippen molar-refractivity contribution in [3.63, 3.8) is 0 Å². The zero-order valence-electron chi connectivity index (χ0n) is 12.5. The molecule has 2 aromatic rings. The van der Waals surface area contributed by atoms with E-state index < -0.39 is 18.9 Å². The van der Waals surface area contributed by atoms with Gasteiger partial charge in [0, 0.05) is 11.6 Å². The number of ether oxygens (including phenoxy) is 2. The lowest BCUT2D eigenvalue weighted by molar-refractivity contribution is -0.169. The Kier molecular flexibility index (Phi) is 5.89. The van der Waals surface area contributed by atoms with E-state index in [1.807, 2.05) is 0 Å². The lowest BCUT2D eigenvalue weighted by Gasteiger charge is -2.11. The van der Waals surface area contributed by atoms with Crippen LogP contribution in [0.3, 0.4) is 0 Å². The molecule has 1 radical (unpaired) electrons. The highest BCUT2D eigenvalue weighted by Crippen LogP contribution is 2.25. The molecule has 24 heavy (non-hydrogen) atoms. The molecule has 0 spiro atoms. The first kappa shape index (κ1) is 17.5. The third kappa shape index (κ3) is 4.55. The fraction of sp³-hybridized carbons (Fsp3) is 0.118. The van der Waals surface area contributed by atoms with Crippen molar-refractivity contribution >= 4 is 11.8 Å². The van der Waals surface area contributed by atoms with Crippen LogP contribution in [0.25, 0.3) is 0 Å². The summed E-state index contributed by atoms with van der Waals surface area (Å²) in [6, 6.07) is 12.4. The predicted octanol–water partition coefficient (Wildman–Crippen LogP) is 1.40. The van der Waals surface area contributed by atoms with E-state index in [2.05, 4.69) is 4.74 Å². The summed E-state index contributed by atoms with van der Waals surface area (Å²) in [6.07, 6.45) is -1.74. The number of esters is 1. The van der Waals surface area contributed by atoms with Gasteiger partial charge in [0.2, 0.25) is 6.29 Å². The number of carbonyl (C=O) groups excluding carboxylic acids is 2. The van der Waals surface area contributed by atoms with Gasteiger partial charge in [0.15, 0.2) is 12.4 Å². The molecule has 0 saturated carbocycles. The van der Waals surface area contributed by atoms with Crippen molar-refractivity contribution in [3.05, 3.63) is 66.3 Å². The molecule has 2 aromatic carbocycles. The van der Waals surface area contributed by atoms with Crippen molar-refractivity contribution in [1.29, 1.82) is 0 Å². The van der Waals surface area contributed by atoms with E-state index in [-0.39, 0.29) is 22.8 Å². The number of carbonyl (C=O) groups is 2. The van der Waals surface area contributed by atoms with Gasteiger partial charge in [0.25, 0.3) is 0 Å². The first-order valence-electron chi connectivity index (χ1n) is 6.92. The van der Waals surface area contributed by atoms with Crippen LogP contribution in [-0.4, -0.2) is 40.0 Å². The second kappa shape index (κ2) is 8.09. The Morgan fingerprint density at radius 3 is 2.46 bits per heavy atom. The number of phenolic OH excluding ortho intramolecular Hbond substituents is 1. The molecule has 7 nitrogen and oxygen atoms in total. The van der Waals surface area contributed by atoms with Crippen LogP contribution in [0.15, 0.2) is 48.5 Å². The molecule has 2 rings (SSSR count). The SMILES string of the molecule is O=C(COc1ccc(C(=O)c2ccccc2)c(O)c1)OC(O)[CH]O. The van der Waals surface area contributed by atoms with Crippen LogP contribution in [-0.2, 0) is 9.53 Å². The van der Waals surface area contributed by atoms with Crippen LogP contribution >= 0.6 is 0 Å². The van der Waals surface area contributed by atoms with E-state index in [9.17, 15) is 14.7 Å². The minimum absolute atomic E-state index is 0.0985.